The molecule has 2 heterocycles. The predicted molar refractivity (Wildman–Crippen MR) is 133 cm³/mol. The summed E-state index contributed by atoms with van der Waals surface area (Å²) >= 11 is 0. The number of hydrogen-bond donors (Lipinski definition) is 3. The maximum absolute atomic E-state index is 13.3. The summed E-state index contributed by atoms with van der Waals surface area (Å²) in [4.78, 5) is 28.4. The van der Waals surface area contributed by atoms with Crippen molar-refractivity contribution in [3.8, 4) is 0 Å². The van der Waals surface area contributed by atoms with Crippen molar-refractivity contribution in [3.63, 3.8) is 0 Å². The van der Waals surface area contributed by atoms with Crippen LogP contribution in [0.2, 0.25) is 0 Å². The Morgan fingerprint density at radius 3 is 2.64 bits per heavy atom. The Bertz CT molecular complexity index is 943. The molecule has 1 aromatic rings. The number of fused-ring (bicyclic) bond motifs is 1. The predicted octanol–water partition coefficient (Wildman–Crippen LogP) is 3.61. The highest BCUT2D eigenvalue weighted by molar-refractivity contribution is 6.00. The Hall–Kier alpha value is -2.60. The van der Waals surface area contributed by atoms with E-state index in [2.05, 4.69) is 40.7 Å². The minimum Gasteiger partial charge on any atom is -0.369 e. The molecule has 2 amide bonds. The molecule has 2 aliphatic heterocycles. The fraction of sp³-hybridized carbons (Fsp3) is 0.556. The first kappa shape index (κ1) is 23.6. The molecule has 178 valence electrons. The van der Waals surface area contributed by atoms with E-state index in [0.29, 0.717) is 17.6 Å². The summed E-state index contributed by atoms with van der Waals surface area (Å²) < 4.78 is 0. The molecule has 1 fully saturated rings. The molecule has 6 nitrogen and oxygen atoms in total. The SMILES string of the molecule is CCN(c1cccc2c1C/C=C/CCC1=C(CNC2=O)C(=O)NC(C)C1)[C@H]1CC[C@@H](N)CC1. The average Bonchev–Trinajstić information content (AvgIpc) is 2.79. The summed E-state index contributed by atoms with van der Waals surface area (Å²) in [5.74, 6) is -0.160. The van der Waals surface area contributed by atoms with E-state index in [-0.39, 0.29) is 24.4 Å². The second-order valence-corrected chi connectivity index (χ2v) is 9.72. The number of amides is 2. The molecule has 1 unspecified atom stereocenters. The number of nitrogens with zero attached hydrogens (tertiary/aromatic N) is 1. The monoisotopic (exact) mass is 450 g/mol. The quantitative estimate of drug-likeness (QED) is 0.614. The van der Waals surface area contributed by atoms with Crippen LogP contribution in [0.25, 0.3) is 0 Å². The van der Waals surface area contributed by atoms with Crippen LogP contribution in [0.4, 0.5) is 5.69 Å². The normalized spacial score (nSPS) is 27.3. The van der Waals surface area contributed by atoms with Gasteiger partial charge in [0.2, 0.25) is 5.91 Å². The highest BCUT2D eigenvalue weighted by Crippen LogP contribution is 2.32. The lowest BCUT2D eigenvalue weighted by atomic mass is 9.89. The lowest BCUT2D eigenvalue weighted by molar-refractivity contribution is -0.118. The Labute approximate surface area is 197 Å². The number of anilines is 1. The standard InChI is InChI=1S/C27H38N4O2/c1-3-31(21-14-12-20(28)13-15-21)25-11-7-10-23-22(25)9-6-4-5-8-19-16-18(2)30-27(33)24(19)17-29-26(23)32/h4,6-7,10-11,18,20-21H,3,5,8-9,12-17,28H2,1-2H3,(H,29,32)(H,30,33)/b6-4+/t18?,20-,21+. The Kier molecular flexibility index (Phi) is 7.53. The number of rotatable bonds is 3. The van der Waals surface area contributed by atoms with E-state index >= 15 is 0 Å². The molecule has 0 radical (unpaired) electrons. The average molecular weight is 451 g/mol. The second-order valence-electron chi connectivity index (χ2n) is 9.72. The zero-order valence-electron chi connectivity index (χ0n) is 20.0. The molecule has 1 atom stereocenters. The number of benzene rings is 1. The second kappa shape index (κ2) is 10.6. The molecular weight excluding hydrogens is 412 g/mol. The van der Waals surface area contributed by atoms with Crippen LogP contribution in [-0.2, 0) is 11.2 Å². The van der Waals surface area contributed by atoms with Gasteiger partial charge in [-0.05, 0) is 82.9 Å². The summed E-state index contributed by atoms with van der Waals surface area (Å²) in [6.45, 7) is 5.40. The number of hydrogen-bond acceptors (Lipinski definition) is 4. The van der Waals surface area contributed by atoms with Crippen LogP contribution in [0.5, 0.6) is 0 Å². The van der Waals surface area contributed by atoms with E-state index in [4.69, 9.17) is 5.73 Å². The van der Waals surface area contributed by atoms with Crippen molar-refractivity contribution >= 4 is 17.5 Å². The molecule has 1 saturated carbocycles. The number of allylic oxidation sites excluding steroid dienone is 2. The molecule has 6 heteroatoms. The van der Waals surface area contributed by atoms with Gasteiger partial charge in [0.1, 0.15) is 0 Å². The number of nitrogens with one attached hydrogen (secondary N) is 2. The lowest BCUT2D eigenvalue weighted by Crippen LogP contribution is -2.42. The first-order chi connectivity index (χ1) is 16.0. The first-order valence-electron chi connectivity index (χ1n) is 12.6. The molecule has 33 heavy (non-hydrogen) atoms. The summed E-state index contributed by atoms with van der Waals surface area (Å²) in [7, 11) is 0. The fourth-order valence-corrected chi connectivity index (χ4v) is 5.62. The third kappa shape index (κ3) is 5.32. The van der Waals surface area contributed by atoms with Gasteiger partial charge in [0.25, 0.3) is 5.91 Å². The third-order valence-electron chi connectivity index (χ3n) is 7.39. The molecule has 0 saturated heterocycles. The van der Waals surface area contributed by atoms with Crippen LogP contribution in [0, 0.1) is 0 Å². The zero-order valence-corrected chi connectivity index (χ0v) is 20.0. The third-order valence-corrected chi connectivity index (χ3v) is 7.39. The molecule has 0 spiro atoms. The highest BCUT2D eigenvalue weighted by Gasteiger charge is 2.28. The molecule has 0 aromatic heterocycles. The Morgan fingerprint density at radius 1 is 1.09 bits per heavy atom. The van der Waals surface area contributed by atoms with E-state index < -0.39 is 0 Å². The van der Waals surface area contributed by atoms with Gasteiger partial charge in [0.05, 0.1) is 0 Å². The van der Waals surface area contributed by atoms with E-state index in [9.17, 15) is 9.59 Å². The van der Waals surface area contributed by atoms with Gasteiger partial charge in [-0.2, -0.15) is 0 Å². The van der Waals surface area contributed by atoms with Crippen molar-refractivity contribution in [3.05, 3.63) is 52.6 Å². The summed E-state index contributed by atoms with van der Waals surface area (Å²) in [6, 6.07) is 6.96. The van der Waals surface area contributed by atoms with E-state index in [1.807, 2.05) is 19.1 Å². The van der Waals surface area contributed by atoms with Crippen LogP contribution in [0.15, 0.2) is 41.5 Å². The van der Waals surface area contributed by atoms with Gasteiger partial charge in [-0.3, -0.25) is 9.59 Å². The largest absolute Gasteiger partial charge is 0.369 e. The van der Waals surface area contributed by atoms with E-state index in [1.54, 1.807) is 0 Å². The minimum atomic E-state index is -0.110. The zero-order chi connectivity index (χ0) is 23.4. The minimum absolute atomic E-state index is 0.0493. The Balaban J connectivity index is 1.65. The number of nitrogens with two attached hydrogens (primary N) is 1. The van der Waals surface area contributed by atoms with Crippen LogP contribution >= 0.6 is 0 Å². The summed E-state index contributed by atoms with van der Waals surface area (Å²) in [5.41, 5.74) is 11.0. The van der Waals surface area contributed by atoms with Crippen LogP contribution < -0.4 is 21.3 Å². The molecule has 1 aromatic carbocycles. The van der Waals surface area contributed by atoms with Gasteiger partial charge < -0.3 is 21.3 Å². The topological polar surface area (TPSA) is 87.5 Å². The molecule has 0 bridgehead atoms. The van der Waals surface area contributed by atoms with Crippen molar-refractivity contribution in [2.75, 3.05) is 18.0 Å². The van der Waals surface area contributed by atoms with Gasteiger partial charge in [-0.1, -0.05) is 23.8 Å². The Morgan fingerprint density at radius 2 is 1.88 bits per heavy atom. The van der Waals surface area contributed by atoms with Crippen molar-refractivity contribution in [1.82, 2.24) is 10.6 Å². The maximum Gasteiger partial charge on any atom is 0.251 e. The van der Waals surface area contributed by atoms with Crippen molar-refractivity contribution in [1.29, 1.82) is 0 Å². The van der Waals surface area contributed by atoms with E-state index in [1.165, 1.54) is 5.57 Å². The summed E-state index contributed by atoms with van der Waals surface area (Å²) in [5, 5.41) is 6.07. The number of carbonyl (C=O) groups excluding carboxylic acids is 2. The molecular formula is C27H38N4O2. The van der Waals surface area contributed by atoms with Gasteiger partial charge in [0, 0.05) is 48.0 Å². The van der Waals surface area contributed by atoms with Crippen molar-refractivity contribution in [2.45, 2.75) is 83.3 Å². The smallest absolute Gasteiger partial charge is 0.251 e. The number of carbonyl (C=O) groups is 2. The van der Waals surface area contributed by atoms with E-state index in [0.717, 1.165) is 74.7 Å². The maximum atomic E-state index is 13.3. The fourth-order valence-electron chi connectivity index (χ4n) is 5.62. The van der Waals surface area contributed by atoms with Crippen LogP contribution in [-0.4, -0.2) is 43.0 Å². The van der Waals surface area contributed by atoms with Crippen molar-refractivity contribution in [2.24, 2.45) is 5.73 Å². The lowest BCUT2D eigenvalue weighted by Gasteiger charge is -2.38. The molecule has 4 rings (SSSR count). The molecule has 1 aliphatic carbocycles. The van der Waals surface area contributed by atoms with Crippen molar-refractivity contribution < 1.29 is 9.59 Å². The van der Waals surface area contributed by atoms with Gasteiger partial charge in [-0.15, -0.1) is 0 Å². The van der Waals surface area contributed by atoms with Gasteiger partial charge in [-0.25, -0.2) is 0 Å². The first-order valence-corrected chi connectivity index (χ1v) is 12.6. The van der Waals surface area contributed by atoms with Gasteiger partial charge >= 0.3 is 0 Å². The van der Waals surface area contributed by atoms with Crippen LogP contribution in [0.1, 0.15) is 74.7 Å². The van der Waals surface area contributed by atoms with Crippen LogP contribution in [0.3, 0.4) is 0 Å². The highest BCUT2D eigenvalue weighted by atomic mass is 16.2. The summed E-state index contributed by atoms with van der Waals surface area (Å²) in [6.07, 6.45) is 12.0. The molecule has 4 N–H and O–H groups in total. The molecule has 3 aliphatic rings. The van der Waals surface area contributed by atoms with Gasteiger partial charge in [0.15, 0.2) is 0 Å².